The van der Waals surface area contributed by atoms with Crippen molar-refractivity contribution in [3.63, 3.8) is 0 Å². The third-order valence-corrected chi connectivity index (χ3v) is 4.35. The molecule has 1 aliphatic heterocycles. The predicted octanol–water partition coefficient (Wildman–Crippen LogP) is 3.50. The van der Waals surface area contributed by atoms with Gasteiger partial charge >= 0.3 is 0 Å². The first-order chi connectivity index (χ1) is 7.16. The molecule has 1 fully saturated rings. The van der Waals surface area contributed by atoms with Crippen LogP contribution < -0.4 is 5.43 Å². The lowest BCUT2D eigenvalue weighted by molar-refractivity contribution is 0.135. The second-order valence-corrected chi connectivity index (χ2v) is 5.79. The molecule has 0 aromatic carbocycles. The molecule has 0 aliphatic carbocycles. The van der Waals surface area contributed by atoms with Crippen molar-refractivity contribution in [2.75, 3.05) is 5.43 Å². The van der Waals surface area contributed by atoms with Crippen LogP contribution in [0.15, 0.2) is 9.98 Å². The molecule has 0 saturated carbocycles. The molecule has 1 aromatic heterocycles. The van der Waals surface area contributed by atoms with Crippen molar-refractivity contribution in [2.45, 2.75) is 45.2 Å². The first-order valence-electron chi connectivity index (χ1n) is 5.33. The number of hydrogen-bond acceptors (Lipinski definition) is 4. The molecule has 1 saturated heterocycles. The maximum atomic E-state index is 4.36. The Hall–Kier alpha value is -0.130. The van der Waals surface area contributed by atoms with Gasteiger partial charge in [-0.1, -0.05) is 6.42 Å². The largest absolute Gasteiger partial charge is 0.294 e. The number of hydrogen-bond donors (Lipinski definition) is 1. The first-order valence-corrected chi connectivity index (χ1v) is 7.00. The standard InChI is InChI=1S/C10H16BrN3S/c1-7-4-3-5-8(2)14(7)13-10-12-9(11)6-15-10/h6-8H,3-5H2,1-2H3,(H,12,13). The van der Waals surface area contributed by atoms with E-state index >= 15 is 0 Å². The second kappa shape index (κ2) is 4.80. The minimum absolute atomic E-state index is 0.594. The summed E-state index contributed by atoms with van der Waals surface area (Å²) in [5, 5.41) is 5.30. The molecule has 2 unspecified atom stereocenters. The SMILES string of the molecule is CC1CCCC(C)N1Nc1nc(Br)cs1. The van der Waals surface area contributed by atoms with Gasteiger partial charge in [0.15, 0.2) is 5.13 Å². The topological polar surface area (TPSA) is 28.2 Å². The summed E-state index contributed by atoms with van der Waals surface area (Å²) in [5.41, 5.74) is 3.41. The Labute approximate surface area is 103 Å². The number of halogens is 1. The van der Waals surface area contributed by atoms with Crippen LogP contribution in [0.25, 0.3) is 0 Å². The second-order valence-electron chi connectivity index (χ2n) is 4.12. The molecule has 5 heteroatoms. The van der Waals surface area contributed by atoms with Gasteiger partial charge in [-0.2, -0.15) is 0 Å². The Bertz CT molecular complexity index is 318. The van der Waals surface area contributed by atoms with Crippen LogP contribution in [0.5, 0.6) is 0 Å². The summed E-state index contributed by atoms with van der Waals surface area (Å²) >= 11 is 5.00. The zero-order chi connectivity index (χ0) is 10.8. The normalized spacial score (nSPS) is 27.9. The lowest BCUT2D eigenvalue weighted by Gasteiger charge is -2.38. The highest BCUT2D eigenvalue weighted by molar-refractivity contribution is 9.10. The van der Waals surface area contributed by atoms with E-state index in [0.717, 1.165) is 9.73 Å². The monoisotopic (exact) mass is 289 g/mol. The van der Waals surface area contributed by atoms with Gasteiger partial charge in [0.25, 0.3) is 0 Å². The van der Waals surface area contributed by atoms with Crippen LogP contribution in [0.4, 0.5) is 5.13 Å². The van der Waals surface area contributed by atoms with E-state index in [1.165, 1.54) is 19.3 Å². The van der Waals surface area contributed by atoms with Crippen molar-refractivity contribution in [2.24, 2.45) is 0 Å². The number of thiazole rings is 1. The van der Waals surface area contributed by atoms with Crippen LogP contribution in [-0.2, 0) is 0 Å². The molecule has 2 atom stereocenters. The van der Waals surface area contributed by atoms with Crippen LogP contribution in [-0.4, -0.2) is 22.1 Å². The van der Waals surface area contributed by atoms with E-state index < -0.39 is 0 Å². The highest BCUT2D eigenvalue weighted by Crippen LogP contribution is 2.26. The molecule has 1 aliphatic rings. The highest BCUT2D eigenvalue weighted by atomic mass is 79.9. The van der Waals surface area contributed by atoms with Gasteiger partial charge in [0.1, 0.15) is 4.60 Å². The van der Waals surface area contributed by atoms with Crippen molar-refractivity contribution >= 4 is 32.4 Å². The minimum atomic E-state index is 0.594. The van der Waals surface area contributed by atoms with E-state index in [9.17, 15) is 0 Å². The van der Waals surface area contributed by atoms with E-state index in [1.807, 2.05) is 5.38 Å². The fraction of sp³-hybridized carbons (Fsp3) is 0.700. The Morgan fingerprint density at radius 1 is 1.47 bits per heavy atom. The quantitative estimate of drug-likeness (QED) is 0.903. The summed E-state index contributed by atoms with van der Waals surface area (Å²) in [6.45, 7) is 4.54. The van der Waals surface area contributed by atoms with Gasteiger partial charge in [-0.15, -0.1) is 11.3 Å². The summed E-state index contributed by atoms with van der Waals surface area (Å²) in [6.07, 6.45) is 3.87. The van der Waals surface area contributed by atoms with Crippen molar-refractivity contribution in [1.29, 1.82) is 0 Å². The van der Waals surface area contributed by atoms with E-state index in [2.05, 4.69) is 45.2 Å². The molecule has 0 spiro atoms. The molecular weight excluding hydrogens is 274 g/mol. The van der Waals surface area contributed by atoms with Crippen molar-refractivity contribution in [3.05, 3.63) is 9.98 Å². The van der Waals surface area contributed by atoms with Gasteiger partial charge in [-0.05, 0) is 42.6 Å². The summed E-state index contributed by atoms with van der Waals surface area (Å²) in [7, 11) is 0. The van der Waals surface area contributed by atoms with Crippen LogP contribution in [0.1, 0.15) is 33.1 Å². The van der Waals surface area contributed by atoms with E-state index in [-0.39, 0.29) is 0 Å². The zero-order valence-electron chi connectivity index (χ0n) is 9.03. The molecule has 0 amide bonds. The van der Waals surface area contributed by atoms with Gasteiger partial charge in [0.2, 0.25) is 0 Å². The molecule has 84 valence electrons. The molecule has 2 heterocycles. The van der Waals surface area contributed by atoms with Crippen molar-refractivity contribution in [1.82, 2.24) is 9.99 Å². The fourth-order valence-corrected chi connectivity index (χ4v) is 3.20. The summed E-state index contributed by atoms with van der Waals surface area (Å²) in [6, 6.07) is 1.19. The average Bonchev–Trinajstić information content (AvgIpc) is 2.58. The number of rotatable bonds is 2. The van der Waals surface area contributed by atoms with Crippen LogP contribution in [0.3, 0.4) is 0 Å². The number of nitrogens with zero attached hydrogens (tertiary/aromatic N) is 2. The first kappa shape index (κ1) is 11.4. The van der Waals surface area contributed by atoms with E-state index in [4.69, 9.17) is 0 Å². The minimum Gasteiger partial charge on any atom is -0.294 e. The van der Waals surface area contributed by atoms with Gasteiger partial charge < -0.3 is 0 Å². The maximum absolute atomic E-state index is 4.36. The Balaban J connectivity index is 2.03. The van der Waals surface area contributed by atoms with Gasteiger partial charge in [0.05, 0.1) is 0 Å². The average molecular weight is 290 g/mol. The van der Waals surface area contributed by atoms with Gasteiger partial charge in [-0.25, -0.2) is 9.99 Å². The van der Waals surface area contributed by atoms with Crippen molar-refractivity contribution in [3.8, 4) is 0 Å². The summed E-state index contributed by atoms with van der Waals surface area (Å²) < 4.78 is 0.910. The summed E-state index contributed by atoms with van der Waals surface area (Å²) in [4.78, 5) is 4.36. The molecule has 15 heavy (non-hydrogen) atoms. The molecule has 1 aromatic rings. The summed E-state index contributed by atoms with van der Waals surface area (Å²) in [5.74, 6) is 0. The molecule has 0 radical (unpaired) electrons. The molecule has 1 N–H and O–H groups in total. The van der Waals surface area contributed by atoms with Gasteiger partial charge in [-0.3, -0.25) is 5.43 Å². The number of nitrogens with one attached hydrogen (secondary N) is 1. The van der Waals surface area contributed by atoms with Crippen LogP contribution in [0, 0.1) is 0 Å². The molecule has 3 nitrogen and oxygen atoms in total. The highest BCUT2D eigenvalue weighted by Gasteiger charge is 2.25. The smallest absolute Gasteiger partial charge is 0.198 e. The molecule has 0 bridgehead atoms. The van der Waals surface area contributed by atoms with Crippen molar-refractivity contribution < 1.29 is 0 Å². The number of anilines is 1. The number of aromatic nitrogens is 1. The predicted molar refractivity (Wildman–Crippen MR) is 68.1 cm³/mol. The Morgan fingerprint density at radius 2 is 2.13 bits per heavy atom. The fourth-order valence-electron chi connectivity index (χ4n) is 2.06. The molecular formula is C10H16BrN3S. The third-order valence-electron chi connectivity index (χ3n) is 2.89. The maximum Gasteiger partial charge on any atom is 0.198 e. The number of hydrazine groups is 1. The lowest BCUT2D eigenvalue weighted by atomic mass is 10.00. The van der Waals surface area contributed by atoms with Crippen LogP contribution >= 0.6 is 27.3 Å². The Kier molecular flexibility index (Phi) is 3.64. The molecule has 2 rings (SSSR count). The Morgan fingerprint density at radius 3 is 2.67 bits per heavy atom. The zero-order valence-corrected chi connectivity index (χ0v) is 11.4. The third kappa shape index (κ3) is 2.71. The van der Waals surface area contributed by atoms with Gasteiger partial charge in [0, 0.05) is 17.5 Å². The number of piperidine rings is 1. The van der Waals surface area contributed by atoms with Crippen LogP contribution in [0.2, 0.25) is 0 Å². The lowest BCUT2D eigenvalue weighted by Crippen LogP contribution is -2.47. The van der Waals surface area contributed by atoms with E-state index in [0.29, 0.717) is 12.1 Å². The van der Waals surface area contributed by atoms with E-state index in [1.54, 1.807) is 11.3 Å².